The van der Waals surface area contributed by atoms with Crippen LogP contribution in [0.4, 0.5) is 15.8 Å². The van der Waals surface area contributed by atoms with Gasteiger partial charge in [-0.1, -0.05) is 70.0 Å². The van der Waals surface area contributed by atoms with E-state index in [4.69, 9.17) is 9.73 Å². The topological polar surface area (TPSA) is 33.6 Å². The molecule has 1 N–H and O–H groups in total. The highest BCUT2D eigenvalue weighted by Crippen LogP contribution is 2.50. The average molecular weight is 568 g/mol. The molecule has 0 spiro atoms. The maximum absolute atomic E-state index is 13.2. The van der Waals surface area contributed by atoms with Crippen molar-refractivity contribution >= 4 is 33.5 Å². The van der Waals surface area contributed by atoms with Gasteiger partial charge in [0.2, 0.25) is 0 Å². The van der Waals surface area contributed by atoms with Crippen molar-refractivity contribution in [3.8, 4) is 5.75 Å². The van der Waals surface area contributed by atoms with E-state index in [9.17, 15) is 4.39 Å². The third-order valence-electron chi connectivity index (χ3n) is 7.40. The van der Waals surface area contributed by atoms with Crippen molar-refractivity contribution in [3.63, 3.8) is 0 Å². The first-order valence-electron chi connectivity index (χ1n) is 12.9. The zero-order chi connectivity index (χ0) is 26.1. The minimum Gasteiger partial charge on any atom is -0.488 e. The zero-order valence-corrected chi connectivity index (χ0v) is 22.7. The molecule has 6 rings (SSSR count). The van der Waals surface area contributed by atoms with Crippen molar-refractivity contribution < 1.29 is 9.13 Å². The maximum atomic E-state index is 13.2. The highest BCUT2D eigenvalue weighted by Gasteiger charge is 2.37. The fraction of sp³-hybridized carbons (Fsp3) is 0.182. The number of fused-ring (bicyclic) bond motifs is 3. The second kappa shape index (κ2) is 10.6. The van der Waals surface area contributed by atoms with Crippen molar-refractivity contribution in [2.24, 2.45) is 10.9 Å². The minimum absolute atomic E-state index is 0.255. The lowest BCUT2D eigenvalue weighted by Crippen LogP contribution is -2.29. The minimum atomic E-state index is -0.255. The number of anilines is 1. The molecule has 3 atom stereocenters. The van der Waals surface area contributed by atoms with Gasteiger partial charge in [-0.05, 0) is 84.5 Å². The fourth-order valence-electron chi connectivity index (χ4n) is 5.45. The third-order valence-corrected chi connectivity index (χ3v) is 7.90. The van der Waals surface area contributed by atoms with Crippen LogP contribution in [0.5, 0.6) is 5.75 Å². The molecule has 0 bridgehead atoms. The number of halogens is 2. The first kappa shape index (κ1) is 24.6. The van der Waals surface area contributed by atoms with E-state index in [1.165, 1.54) is 34.5 Å². The number of ether oxygens (including phenoxy) is 1. The Morgan fingerprint density at radius 1 is 1.00 bits per heavy atom. The van der Waals surface area contributed by atoms with Crippen LogP contribution in [-0.2, 0) is 6.61 Å². The summed E-state index contributed by atoms with van der Waals surface area (Å²) in [7, 11) is 0. The Kier molecular flexibility index (Phi) is 6.86. The number of benzene rings is 4. The summed E-state index contributed by atoms with van der Waals surface area (Å²) >= 11 is 3.55. The molecule has 0 fully saturated rings. The first-order chi connectivity index (χ1) is 18.5. The van der Waals surface area contributed by atoms with Gasteiger partial charge in [-0.3, -0.25) is 4.99 Å². The van der Waals surface area contributed by atoms with Gasteiger partial charge in [0.05, 0.1) is 11.7 Å². The van der Waals surface area contributed by atoms with Crippen molar-refractivity contribution in [1.29, 1.82) is 0 Å². The van der Waals surface area contributed by atoms with E-state index in [2.05, 4.69) is 82.8 Å². The Morgan fingerprint density at radius 3 is 2.63 bits per heavy atom. The van der Waals surface area contributed by atoms with Gasteiger partial charge in [0.15, 0.2) is 0 Å². The lowest BCUT2D eigenvalue weighted by Gasteiger charge is -2.37. The Hall–Kier alpha value is -3.70. The molecule has 1 aliphatic heterocycles. The largest absolute Gasteiger partial charge is 0.488 e. The number of rotatable bonds is 6. The van der Waals surface area contributed by atoms with E-state index in [0.717, 1.165) is 33.5 Å². The molecule has 2 aliphatic rings. The molecule has 0 aromatic heterocycles. The molecule has 1 aliphatic carbocycles. The summed E-state index contributed by atoms with van der Waals surface area (Å²) in [5, 5.41) is 3.81. The molecule has 190 valence electrons. The average Bonchev–Trinajstić information content (AvgIpc) is 3.43. The van der Waals surface area contributed by atoms with Gasteiger partial charge in [-0.2, -0.15) is 0 Å². The summed E-state index contributed by atoms with van der Waals surface area (Å²) in [6, 6.07) is 27.7. The Labute approximate surface area is 231 Å². The molecule has 5 heteroatoms. The number of nitrogens with zero attached hydrogens (tertiary/aromatic N) is 1. The smallest absolute Gasteiger partial charge is 0.128 e. The van der Waals surface area contributed by atoms with Crippen molar-refractivity contribution in [2.45, 2.75) is 31.9 Å². The summed E-state index contributed by atoms with van der Waals surface area (Å²) in [5.74, 6) is 1.44. The van der Waals surface area contributed by atoms with Gasteiger partial charge in [0, 0.05) is 27.9 Å². The van der Waals surface area contributed by atoms with Crippen molar-refractivity contribution in [2.75, 3.05) is 5.32 Å². The summed E-state index contributed by atoms with van der Waals surface area (Å²) in [6.45, 7) is 2.51. The molecule has 4 aromatic rings. The van der Waals surface area contributed by atoms with Crippen LogP contribution in [0.3, 0.4) is 0 Å². The SMILES string of the molecule is Cc1ccc2c(c1)[C@@H]1C=CC[C@H]1[C@@H](c1ccc(N=Cc3cc(Br)ccc3OCc3ccc(F)cc3)cc1)N2. The molecular weight excluding hydrogens is 539 g/mol. The summed E-state index contributed by atoms with van der Waals surface area (Å²) in [6.07, 6.45) is 7.62. The first-order valence-corrected chi connectivity index (χ1v) is 13.7. The lowest BCUT2D eigenvalue weighted by molar-refractivity contribution is 0.305. The van der Waals surface area contributed by atoms with Gasteiger partial charge < -0.3 is 10.1 Å². The predicted octanol–water partition coefficient (Wildman–Crippen LogP) is 9.05. The van der Waals surface area contributed by atoms with Gasteiger partial charge >= 0.3 is 0 Å². The standard InChI is InChI=1S/C33H28BrFN2O/c1-21-5-15-31-30(17-21)28-3-2-4-29(28)33(37-31)23-8-13-27(14-9-23)36-19-24-18-25(34)10-16-32(24)38-20-22-6-11-26(35)12-7-22/h2-3,5-19,28-29,33,37H,4,20H2,1H3/t28-,29-,33-/m1/s1. The summed E-state index contributed by atoms with van der Waals surface area (Å²) < 4.78 is 20.2. The highest BCUT2D eigenvalue weighted by atomic mass is 79.9. The number of aliphatic imine (C=N–C) groups is 1. The van der Waals surface area contributed by atoms with Crippen LogP contribution in [0.2, 0.25) is 0 Å². The van der Waals surface area contributed by atoms with E-state index in [1.807, 2.05) is 24.4 Å². The molecular formula is C33H28BrFN2O. The monoisotopic (exact) mass is 566 g/mol. The number of hydrogen-bond donors (Lipinski definition) is 1. The molecule has 0 amide bonds. The van der Waals surface area contributed by atoms with Crippen LogP contribution in [-0.4, -0.2) is 6.21 Å². The Bertz CT molecular complexity index is 1510. The highest BCUT2D eigenvalue weighted by molar-refractivity contribution is 9.10. The van der Waals surface area contributed by atoms with Gasteiger partial charge in [0.1, 0.15) is 18.2 Å². The predicted molar refractivity (Wildman–Crippen MR) is 156 cm³/mol. The van der Waals surface area contributed by atoms with E-state index in [0.29, 0.717) is 18.4 Å². The molecule has 0 saturated heterocycles. The summed E-state index contributed by atoms with van der Waals surface area (Å²) in [5.41, 5.74) is 7.88. The second-order valence-corrected chi connectivity index (χ2v) is 10.9. The van der Waals surface area contributed by atoms with Crippen molar-refractivity contribution in [1.82, 2.24) is 0 Å². The van der Waals surface area contributed by atoms with Crippen LogP contribution in [0, 0.1) is 18.7 Å². The Balaban J connectivity index is 1.19. The van der Waals surface area contributed by atoms with E-state index < -0.39 is 0 Å². The molecule has 4 aromatic carbocycles. The van der Waals surface area contributed by atoms with E-state index in [-0.39, 0.29) is 11.9 Å². The van der Waals surface area contributed by atoms with Gasteiger partial charge in [-0.15, -0.1) is 0 Å². The van der Waals surface area contributed by atoms with E-state index >= 15 is 0 Å². The fourth-order valence-corrected chi connectivity index (χ4v) is 5.83. The van der Waals surface area contributed by atoms with Gasteiger partial charge in [-0.25, -0.2) is 4.39 Å². The van der Waals surface area contributed by atoms with Crippen LogP contribution < -0.4 is 10.1 Å². The van der Waals surface area contributed by atoms with Crippen molar-refractivity contribution in [3.05, 3.63) is 135 Å². The Morgan fingerprint density at radius 2 is 1.82 bits per heavy atom. The quantitative estimate of drug-likeness (QED) is 0.186. The molecule has 1 heterocycles. The molecule has 38 heavy (non-hydrogen) atoms. The second-order valence-electron chi connectivity index (χ2n) is 10.0. The van der Waals surface area contributed by atoms with Crippen LogP contribution in [0.1, 0.15) is 46.2 Å². The third kappa shape index (κ3) is 5.16. The number of nitrogens with one attached hydrogen (secondary N) is 1. The zero-order valence-electron chi connectivity index (χ0n) is 21.1. The summed E-state index contributed by atoms with van der Waals surface area (Å²) in [4.78, 5) is 4.74. The van der Waals surface area contributed by atoms with Gasteiger partial charge in [0.25, 0.3) is 0 Å². The maximum Gasteiger partial charge on any atom is 0.128 e. The molecule has 0 saturated carbocycles. The molecule has 0 radical (unpaired) electrons. The number of hydrogen-bond acceptors (Lipinski definition) is 3. The van der Waals surface area contributed by atoms with Crippen LogP contribution in [0.25, 0.3) is 0 Å². The normalized spacial score (nSPS) is 19.7. The van der Waals surface area contributed by atoms with E-state index in [1.54, 1.807) is 12.1 Å². The molecule has 3 nitrogen and oxygen atoms in total. The number of aryl methyl sites for hydroxylation is 1. The van der Waals surface area contributed by atoms with Crippen LogP contribution in [0.15, 0.2) is 107 Å². The van der Waals surface area contributed by atoms with Crippen LogP contribution >= 0.6 is 15.9 Å². The number of allylic oxidation sites excluding steroid dienone is 2. The lowest BCUT2D eigenvalue weighted by atomic mass is 9.76. The molecule has 0 unspecified atom stereocenters.